The first-order chi connectivity index (χ1) is 20.6. The molecule has 0 aliphatic rings. The molecule has 0 atom stereocenters. The number of allylic oxidation sites excluding steroid dienone is 2. The second-order valence-electron chi connectivity index (χ2n) is 9.16. The molecule has 4 rings (SSSR count). The Morgan fingerprint density at radius 2 is 1.39 bits per heavy atom. The van der Waals surface area contributed by atoms with Crippen LogP contribution in [0.2, 0.25) is 0 Å². The maximum absolute atomic E-state index is 13.7. The number of ketones is 2. The van der Waals surface area contributed by atoms with Crippen molar-refractivity contribution in [3.05, 3.63) is 111 Å². The third-order valence-electron chi connectivity index (χ3n) is 6.06. The zero-order chi connectivity index (χ0) is 32.2. The van der Waals surface area contributed by atoms with Crippen LogP contribution in [0.1, 0.15) is 53.5 Å². The van der Waals surface area contributed by atoms with Crippen LogP contribution in [-0.4, -0.2) is 35.1 Å². The Morgan fingerprint density at radius 1 is 0.773 bits per heavy atom. The van der Waals surface area contributed by atoms with Crippen LogP contribution in [0.3, 0.4) is 0 Å². The number of aliphatic carboxylic acids is 1. The summed E-state index contributed by atoms with van der Waals surface area (Å²) in [6.45, 7) is -0.139. The summed E-state index contributed by atoms with van der Waals surface area (Å²) >= 11 is 2.48. The molecule has 0 saturated heterocycles. The highest BCUT2D eigenvalue weighted by Gasteiger charge is 2.37. The molecule has 2 aromatic carbocycles. The molecule has 2 aromatic heterocycles. The average Bonchev–Trinajstić information content (AvgIpc) is 3.67. The fourth-order valence-electron chi connectivity index (χ4n) is 3.91. The Labute approximate surface area is 253 Å². The molecule has 0 aliphatic carbocycles. The van der Waals surface area contributed by atoms with Crippen LogP contribution in [0.4, 0.5) is 26.3 Å². The van der Waals surface area contributed by atoms with E-state index >= 15 is 0 Å². The molecule has 0 fully saturated rings. The molecule has 14 heteroatoms. The fourth-order valence-corrected chi connectivity index (χ4v) is 5.76. The van der Waals surface area contributed by atoms with E-state index < -0.39 is 52.5 Å². The summed E-state index contributed by atoms with van der Waals surface area (Å²) in [6.07, 6.45) is -9.96. The minimum atomic E-state index is -5.18. The van der Waals surface area contributed by atoms with Gasteiger partial charge in [-0.2, -0.15) is 26.3 Å². The number of hydrogen-bond donors (Lipinski definition) is 2. The number of hydrogen-bond acceptors (Lipinski definition) is 6. The van der Waals surface area contributed by atoms with Crippen LogP contribution < -0.4 is 5.32 Å². The van der Waals surface area contributed by atoms with Crippen molar-refractivity contribution in [2.24, 2.45) is 0 Å². The Kier molecular flexibility index (Phi) is 9.54. The molecule has 2 heterocycles. The zero-order valence-corrected chi connectivity index (χ0v) is 23.7. The zero-order valence-electron chi connectivity index (χ0n) is 22.1. The highest BCUT2D eigenvalue weighted by atomic mass is 32.1. The molecule has 2 N–H and O–H groups in total. The van der Waals surface area contributed by atoms with Gasteiger partial charge in [0.05, 0.1) is 17.5 Å². The van der Waals surface area contributed by atoms with E-state index in [0.29, 0.717) is 23.1 Å². The van der Waals surface area contributed by atoms with Gasteiger partial charge in [-0.05, 0) is 60.0 Å². The summed E-state index contributed by atoms with van der Waals surface area (Å²) in [6, 6.07) is 12.3. The van der Waals surface area contributed by atoms with Gasteiger partial charge in [-0.1, -0.05) is 18.2 Å². The third-order valence-corrected chi connectivity index (χ3v) is 8.25. The summed E-state index contributed by atoms with van der Waals surface area (Å²) in [4.78, 5) is 51.5. The molecule has 0 spiro atoms. The monoisotopic (exact) mass is 651 g/mol. The van der Waals surface area contributed by atoms with Gasteiger partial charge in [0.15, 0.2) is 11.6 Å². The van der Waals surface area contributed by atoms with E-state index in [2.05, 4.69) is 5.32 Å². The molecular formula is C30H19F6NO5S2. The number of benzene rings is 2. The number of nitrogens with one attached hydrogen (secondary N) is 1. The number of carboxylic acids is 1. The van der Waals surface area contributed by atoms with Crippen LogP contribution in [0.15, 0.2) is 78.2 Å². The average molecular weight is 652 g/mol. The van der Waals surface area contributed by atoms with Gasteiger partial charge in [-0.25, -0.2) is 0 Å². The third kappa shape index (κ3) is 7.88. The number of alkyl halides is 6. The predicted molar refractivity (Wildman–Crippen MR) is 152 cm³/mol. The van der Waals surface area contributed by atoms with Crippen LogP contribution in [-0.2, 0) is 17.1 Å². The summed E-state index contributed by atoms with van der Waals surface area (Å²) in [5.41, 5.74) is -4.49. The van der Waals surface area contributed by atoms with Gasteiger partial charge >= 0.3 is 18.3 Å². The predicted octanol–water partition coefficient (Wildman–Crippen LogP) is 7.87. The maximum Gasteiger partial charge on any atom is 0.416 e. The maximum atomic E-state index is 13.7. The molecule has 0 unspecified atom stereocenters. The number of carbonyl (C=O) groups excluding carboxylic acids is 3. The minimum absolute atomic E-state index is 0.0303. The molecule has 0 radical (unpaired) electrons. The van der Waals surface area contributed by atoms with Crippen LogP contribution >= 0.6 is 22.7 Å². The topological polar surface area (TPSA) is 101 Å². The van der Waals surface area contributed by atoms with E-state index in [-0.39, 0.29) is 40.6 Å². The lowest BCUT2D eigenvalue weighted by Gasteiger charge is -2.13. The number of thiophene rings is 2. The van der Waals surface area contributed by atoms with Gasteiger partial charge in [0, 0.05) is 43.4 Å². The molecule has 44 heavy (non-hydrogen) atoms. The van der Waals surface area contributed by atoms with Crippen molar-refractivity contribution >= 4 is 51.7 Å². The molecule has 6 nitrogen and oxygen atoms in total. The van der Waals surface area contributed by atoms with E-state index in [1.54, 1.807) is 18.2 Å². The van der Waals surface area contributed by atoms with E-state index in [9.17, 15) is 45.5 Å². The Balaban J connectivity index is 1.74. The first kappa shape index (κ1) is 32.4. The van der Waals surface area contributed by atoms with Crippen LogP contribution in [0.5, 0.6) is 0 Å². The number of amides is 1. The van der Waals surface area contributed by atoms with E-state index in [1.807, 2.05) is 5.38 Å². The second kappa shape index (κ2) is 13.0. The van der Waals surface area contributed by atoms with Gasteiger partial charge in [-0.3, -0.25) is 19.2 Å². The van der Waals surface area contributed by atoms with E-state index in [1.165, 1.54) is 41.7 Å². The van der Waals surface area contributed by atoms with Crippen molar-refractivity contribution in [2.75, 3.05) is 6.54 Å². The van der Waals surface area contributed by atoms with Gasteiger partial charge < -0.3 is 10.4 Å². The lowest BCUT2D eigenvalue weighted by atomic mass is 9.96. The molecule has 0 bridgehead atoms. The summed E-state index contributed by atoms with van der Waals surface area (Å²) < 4.78 is 80.4. The number of halogens is 6. The highest BCUT2D eigenvalue weighted by Crippen LogP contribution is 2.38. The largest absolute Gasteiger partial charge is 0.481 e. The lowest BCUT2D eigenvalue weighted by molar-refractivity contribution is -0.143. The van der Waals surface area contributed by atoms with Gasteiger partial charge in [0.25, 0.3) is 5.91 Å². The van der Waals surface area contributed by atoms with E-state index in [0.717, 1.165) is 16.2 Å². The smallest absolute Gasteiger partial charge is 0.416 e. The lowest BCUT2D eigenvalue weighted by Crippen LogP contribution is -2.26. The van der Waals surface area contributed by atoms with Crippen molar-refractivity contribution in [3.8, 4) is 9.75 Å². The van der Waals surface area contributed by atoms with Crippen molar-refractivity contribution in [1.82, 2.24) is 5.32 Å². The molecule has 228 valence electrons. The Morgan fingerprint density at radius 3 is 1.93 bits per heavy atom. The number of rotatable bonds is 10. The Bertz CT molecular complexity index is 1700. The minimum Gasteiger partial charge on any atom is -0.481 e. The van der Waals surface area contributed by atoms with Crippen molar-refractivity contribution in [2.45, 2.75) is 18.8 Å². The summed E-state index contributed by atoms with van der Waals surface area (Å²) in [5, 5.41) is 12.9. The van der Waals surface area contributed by atoms with Crippen molar-refractivity contribution in [1.29, 1.82) is 0 Å². The number of carbonyl (C=O) groups is 4. The normalized spacial score (nSPS) is 12.2. The summed E-state index contributed by atoms with van der Waals surface area (Å²) in [7, 11) is 0. The van der Waals surface area contributed by atoms with Crippen molar-refractivity contribution in [3.63, 3.8) is 0 Å². The molecular weight excluding hydrogens is 632 g/mol. The summed E-state index contributed by atoms with van der Waals surface area (Å²) in [5.74, 6) is -3.76. The Hall–Kier alpha value is -4.56. The molecule has 1 amide bonds. The number of carboxylic acid groups (broad SMARTS) is 1. The first-order valence-corrected chi connectivity index (χ1v) is 14.2. The first-order valence-electron chi connectivity index (χ1n) is 12.5. The van der Waals surface area contributed by atoms with Crippen LogP contribution in [0.25, 0.3) is 15.3 Å². The van der Waals surface area contributed by atoms with Crippen LogP contribution in [0, 0.1) is 0 Å². The molecule has 0 aliphatic heterocycles. The van der Waals surface area contributed by atoms with Crippen molar-refractivity contribution < 1.29 is 50.6 Å². The van der Waals surface area contributed by atoms with Gasteiger partial charge in [0.1, 0.15) is 0 Å². The van der Waals surface area contributed by atoms with Gasteiger partial charge in [0.2, 0.25) is 0 Å². The van der Waals surface area contributed by atoms with Gasteiger partial charge in [-0.15, -0.1) is 22.7 Å². The second-order valence-corrected chi connectivity index (χ2v) is 11.2. The SMILES string of the molecule is O=C(O)CCNC(=O)c1ccc(C(=O)/C(=C/C(=O)c2cc(C(F)(F)F)cc(C(F)(F)F)c2)c2ccc(-c3cccs3)s2)cc1. The molecule has 0 saturated carbocycles. The molecule has 4 aromatic rings. The highest BCUT2D eigenvalue weighted by molar-refractivity contribution is 7.22. The quantitative estimate of drug-likeness (QED) is 0.103. The number of Topliss-reactive ketones (excluding diaryl/α,β-unsaturated/α-hetero) is 1. The van der Waals surface area contributed by atoms with E-state index in [4.69, 9.17) is 5.11 Å². The fraction of sp³-hybridized carbons (Fsp3) is 0.133. The standard InChI is InChI=1S/C30H19F6NO5S2/c31-29(32,33)19-12-18(13-20(14-19)30(34,35)36)22(38)15-21(23-7-8-25(44-23)24-2-1-11-43-24)27(41)16-3-5-17(6-4-16)28(42)37-10-9-26(39)40/h1-8,11-15H,9-10H2,(H,37,42)(H,39,40)/b21-15+.